The molecular weight excluding hydrogens is 234 g/mol. The summed E-state index contributed by atoms with van der Waals surface area (Å²) in [6.07, 6.45) is 0.656. The van der Waals surface area contributed by atoms with Crippen LogP contribution in [-0.4, -0.2) is 16.7 Å². The van der Waals surface area contributed by atoms with Crippen molar-refractivity contribution in [2.75, 3.05) is 6.61 Å². The van der Waals surface area contributed by atoms with E-state index in [2.05, 4.69) is 24.3 Å². The van der Waals surface area contributed by atoms with Crippen LogP contribution in [0.25, 0.3) is 22.2 Å². The minimum absolute atomic E-state index is 0.155. The van der Waals surface area contributed by atoms with Gasteiger partial charge in [0.2, 0.25) is 0 Å². The minimum atomic E-state index is 0.155. The largest absolute Gasteiger partial charge is 0.396 e. The topological polar surface area (TPSA) is 33.1 Å². The van der Waals surface area contributed by atoms with Crippen LogP contribution < -0.4 is 0 Å². The van der Waals surface area contributed by atoms with Gasteiger partial charge in [-0.1, -0.05) is 48.5 Å². The van der Waals surface area contributed by atoms with Gasteiger partial charge in [-0.25, -0.2) is 4.98 Å². The molecular formula is C17H15NO. The van der Waals surface area contributed by atoms with Crippen LogP contribution in [0, 0.1) is 0 Å². The standard InChI is InChI=1S/C17H15NO/c19-11-10-14-12-17(13-6-2-1-3-7-13)18-16-9-5-4-8-15(14)16/h1-9,12,19H,10-11H2. The fourth-order valence-electron chi connectivity index (χ4n) is 2.33. The number of para-hydroxylation sites is 1. The zero-order valence-electron chi connectivity index (χ0n) is 10.6. The minimum Gasteiger partial charge on any atom is -0.396 e. The molecule has 0 atom stereocenters. The van der Waals surface area contributed by atoms with Gasteiger partial charge in [0.1, 0.15) is 0 Å². The Bertz CT molecular complexity index is 692. The maximum absolute atomic E-state index is 9.22. The molecule has 1 N–H and O–H groups in total. The lowest BCUT2D eigenvalue weighted by molar-refractivity contribution is 0.300. The molecule has 0 aliphatic rings. The lowest BCUT2D eigenvalue weighted by atomic mass is 10.0. The fraction of sp³-hybridized carbons (Fsp3) is 0.118. The lowest BCUT2D eigenvalue weighted by Gasteiger charge is -2.08. The molecule has 0 amide bonds. The van der Waals surface area contributed by atoms with Crippen molar-refractivity contribution in [2.45, 2.75) is 6.42 Å². The van der Waals surface area contributed by atoms with Gasteiger partial charge in [0.25, 0.3) is 0 Å². The molecule has 94 valence electrons. The van der Waals surface area contributed by atoms with Crippen molar-refractivity contribution >= 4 is 10.9 Å². The number of benzene rings is 2. The predicted molar refractivity (Wildman–Crippen MR) is 78.0 cm³/mol. The van der Waals surface area contributed by atoms with Crippen molar-refractivity contribution in [1.82, 2.24) is 4.98 Å². The van der Waals surface area contributed by atoms with E-state index in [0.717, 1.165) is 27.7 Å². The molecule has 1 aromatic heterocycles. The van der Waals surface area contributed by atoms with E-state index >= 15 is 0 Å². The molecule has 0 bridgehead atoms. The van der Waals surface area contributed by atoms with Crippen molar-refractivity contribution < 1.29 is 5.11 Å². The van der Waals surface area contributed by atoms with Crippen LogP contribution in [0.3, 0.4) is 0 Å². The van der Waals surface area contributed by atoms with Crippen LogP contribution in [0.5, 0.6) is 0 Å². The van der Waals surface area contributed by atoms with E-state index in [4.69, 9.17) is 4.98 Å². The molecule has 0 fully saturated rings. The Morgan fingerprint density at radius 3 is 2.42 bits per heavy atom. The van der Waals surface area contributed by atoms with Gasteiger partial charge in [0, 0.05) is 17.6 Å². The van der Waals surface area contributed by atoms with Crippen LogP contribution in [0.2, 0.25) is 0 Å². The molecule has 3 aromatic rings. The predicted octanol–water partition coefficient (Wildman–Crippen LogP) is 3.44. The molecule has 0 unspecified atom stereocenters. The Morgan fingerprint density at radius 2 is 1.63 bits per heavy atom. The second-order valence-electron chi connectivity index (χ2n) is 4.52. The first-order chi connectivity index (χ1) is 9.38. The summed E-state index contributed by atoms with van der Waals surface area (Å²) in [5.74, 6) is 0. The molecule has 2 aromatic carbocycles. The normalized spacial score (nSPS) is 10.8. The smallest absolute Gasteiger partial charge is 0.0712 e. The highest BCUT2D eigenvalue weighted by Crippen LogP contribution is 2.24. The maximum atomic E-state index is 9.22. The third kappa shape index (κ3) is 2.35. The van der Waals surface area contributed by atoms with E-state index in [0.29, 0.717) is 6.42 Å². The number of aliphatic hydroxyl groups is 1. The van der Waals surface area contributed by atoms with Gasteiger partial charge in [0.15, 0.2) is 0 Å². The van der Waals surface area contributed by atoms with Gasteiger partial charge in [-0.15, -0.1) is 0 Å². The number of nitrogens with zero attached hydrogens (tertiary/aromatic N) is 1. The molecule has 3 rings (SSSR count). The summed E-state index contributed by atoms with van der Waals surface area (Å²) in [6.45, 7) is 0.155. The summed E-state index contributed by atoms with van der Waals surface area (Å²) in [7, 11) is 0. The molecule has 19 heavy (non-hydrogen) atoms. The van der Waals surface area contributed by atoms with Crippen molar-refractivity contribution in [3.63, 3.8) is 0 Å². The fourth-order valence-corrected chi connectivity index (χ4v) is 2.33. The average Bonchev–Trinajstić information content (AvgIpc) is 2.48. The first-order valence-corrected chi connectivity index (χ1v) is 6.43. The monoisotopic (exact) mass is 249 g/mol. The number of aliphatic hydroxyl groups excluding tert-OH is 1. The Morgan fingerprint density at radius 1 is 0.895 bits per heavy atom. The number of rotatable bonds is 3. The average molecular weight is 249 g/mol. The molecule has 0 radical (unpaired) electrons. The van der Waals surface area contributed by atoms with Crippen molar-refractivity contribution in [1.29, 1.82) is 0 Å². The molecule has 0 saturated carbocycles. The number of hydrogen-bond donors (Lipinski definition) is 1. The van der Waals surface area contributed by atoms with Gasteiger partial charge < -0.3 is 5.11 Å². The number of aromatic nitrogens is 1. The van der Waals surface area contributed by atoms with E-state index in [1.54, 1.807) is 0 Å². The quantitative estimate of drug-likeness (QED) is 0.771. The summed E-state index contributed by atoms with van der Waals surface area (Å²) in [5.41, 5.74) is 4.19. The Kier molecular flexibility index (Phi) is 3.25. The van der Waals surface area contributed by atoms with Gasteiger partial charge in [0.05, 0.1) is 11.2 Å². The van der Waals surface area contributed by atoms with E-state index in [-0.39, 0.29) is 6.61 Å². The molecule has 0 saturated heterocycles. The Hall–Kier alpha value is -2.19. The summed E-state index contributed by atoms with van der Waals surface area (Å²) in [4.78, 5) is 4.71. The first-order valence-electron chi connectivity index (χ1n) is 6.43. The zero-order valence-corrected chi connectivity index (χ0v) is 10.6. The first kappa shape index (κ1) is 11.9. The van der Waals surface area contributed by atoms with Gasteiger partial charge in [-0.2, -0.15) is 0 Å². The second kappa shape index (κ2) is 5.21. The van der Waals surface area contributed by atoms with E-state index in [1.165, 1.54) is 0 Å². The van der Waals surface area contributed by atoms with Crippen molar-refractivity contribution in [2.24, 2.45) is 0 Å². The lowest BCUT2D eigenvalue weighted by Crippen LogP contribution is -1.95. The summed E-state index contributed by atoms with van der Waals surface area (Å²) < 4.78 is 0. The SMILES string of the molecule is OCCc1cc(-c2ccccc2)nc2ccccc12. The van der Waals surface area contributed by atoms with Crippen molar-refractivity contribution in [3.8, 4) is 11.3 Å². The highest BCUT2D eigenvalue weighted by Gasteiger charge is 2.06. The Balaban J connectivity index is 2.22. The van der Waals surface area contributed by atoms with E-state index in [1.807, 2.05) is 36.4 Å². The second-order valence-corrected chi connectivity index (χ2v) is 4.52. The Labute approximate surface area is 112 Å². The van der Waals surface area contributed by atoms with E-state index in [9.17, 15) is 5.11 Å². The molecule has 0 aliphatic carbocycles. The van der Waals surface area contributed by atoms with Crippen LogP contribution in [0.1, 0.15) is 5.56 Å². The van der Waals surface area contributed by atoms with Crippen LogP contribution >= 0.6 is 0 Å². The zero-order chi connectivity index (χ0) is 13.1. The maximum Gasteiger partial charge on any atom is 0.0712 e. The summed E-state index contributed by atoms with van der Waals surface area (Å²) in [6, 6.07) is 20.3. The number of pyridine rings is 1. The van der Waals surface area contributed by atoms with Gasteiger partial charge >= 0.3 is 0 Å². The highest BCUT2D eigenvalue weighted by atomic mass is 16.2. The number of fused-ring (bicyclic) bond motifs is 1. The molecule has 1 heterocycles. The molecule has 2 heteroatoms. The van der Waals surface area contributed by atoms with Gasteiger partial charge in [-0.3, -0.25) is 0 Å². The third-order valence-corrected chi connectivity index (χ3v) is 3.25. The van der Waals surface area contributed by atoms with Gasteiger partial charge in [-0.05, 0) is 24.1 Å². The summed E-state index contributed by atoms with van der Waals surface area (Å²) in [5, 5.41) is 10.3. The molecule has 2 nitrogen and oxygen atoms in total. The third-order valence-electron chi connectivity index (χ3n) is 3.25. The molecule has 0 aliphatic heterocycles. The summed E-state index contributed by atoms with van der Waals surface area (Å²) >= 11 is 0. The van der Waals surface area contributed by atoms with Crippen LogP contribution in [-0.2, 0) is 6.42 Å². The van der Waals surface area contributed by atoms with Crippen molar-refractivity contribution in [3.05, 3.63) is 66.2 Å². The highest BCUT2D eigenvalue weighted by molar-refractivity contribution is 5.85. The van der Waals surface area contributed by atoms with E-state index < -0.39 is 0 Å². The van der Waals surface area contributed by atoms with Crippen LogP contribution in [0.4, 0.5) is 0 Å². The molecule has 0 spiro atoms. The number of hydrogen-bond acceptors (Lipinski definition) is 2. The van der Waals surface area contributed by atoms with Crippen LogP contribution in [0.15, 0.2) is 60.7 Å².